The number of phenolic OH excluding ortho intramolecular Hbond substituents is 1. The van der Waals surface area contributed by atoms with E-state index in [-0.39, 0.29) is 23.2 Å². The Morgan fingerprint density at radius 2 is 2.11 bits per heavy atom. The van der Waals surface area contributed by atoms with Crippen molar-refractivity contribution in [3.63, 3.8) is 0 Å². The van der Waals surface area contributed by atoms with Crippen LogP contribution < -0.4 is 4.74 Å². The maximum absolute atomic E-state index is 12.9. The third kappa shape index (κ3) is 3.21. The summed E-state index contributed by atoms with van der Waals surface area (Å²) < 4.78 is 4.13. The van der Waals surface area contributed by atoms with Crippen molar-refractivity contribution in [3.8, 4) is 11.5 Å². The van der Waals surface area contributed by atoms with Crippen molar-refractivity contribution in [1.29, 1.82) is 0 Å². The van der Waals surface area contributed by atoms with Crippen LogP contribution in [0.3, 0.4) is 0 Å². The predicted molar refractivity (Wildman–Crippen MR) is 109 cm³/mol. The summed E-state index contributed by atoms with van der Waals surface area (Å²) in [5.41, 5.74) is 2.22. The first kappa shape index (κ1) is 19.4. The van der Waals surface area contributed by atoms with E-state index >= 15 is 0 Å². The fourth-order valence-electron chi connectivity index (χ4n) is 3.75. The monoisotopic (exact) mass is 428 g/mol. The van der Waals surface area contributed by atoms with Crippen molar-refractivity contribution in [2.24, 2.45) is 11.8 Å². The van der Waals surface area contributed by atoms with Crippen LogP contribution in [-0.2, 0) is 9.59 Å². The van der Waals surface area contributed by atoms with Gasteiger partial charge in [-0.15, -0.1) is 0 Å². The van der Waals surface area contributed by atoms with Crippen LogP contribution in [0.15, 0.2) is 60.2 Å². The average molecular weight is 429 g/mol. The Hall–Kier alpha value is -2.40. The fraction of sp³-hybridized carbons (Fsp3) is 0.273. The van der Waals surface area contributed by atoms with Crippen LogP contribution in [0.25, 0.3) is 6.08 Å². The van der Waals surface area contributed by atoms with Crippen LogP contribution in [0.1, 0.15) is 18.9 Å². The van der Waals surface area contributed by atoms with Crippen LogP contribution in [0, 0.1) is 11.8 Å². The largest absolute Gasteiger partial charge is 0.504 e. The van der Waals surface area contributed by atoms with Crippen molar-refractivity contribution < 1.29 is 19.4 Å². The van der Waals surface area contributed by atoms with E-state index in [2.05, 4.69) is 22.5 Å². The molecule has 4 nitrogen and oxygen atoms in total. The molecule has 2 aliphatic rings. The van der Waals surface area contributed by atoms with Gasteiger partial charge in [-0.2, -0.15) is 0 Å². The molecule has 0 saturated heterocycles. The Bertz CT molecular complexity index is 909. The maximum atomic E-state index is 12.9. The zero-order valence-electron chi connectivity index (χ0n) is 15.2. The van der Waals surface area contributed by atoms with Crippen molar-refractivity contribution in [2.75, 3.05) is 7.11 Å². The molecule has 0 bridgehead atoms. The second kappa shape index (κ2) is 7.31. The fourth-order valence-corrected chi connectivity index (χ4v) is 4.68. The van der Waals surface area contributed by atoms with Gasteiger partial charge >= 0.3 is 0 Å². The number of halogens is 1. The van der Waals surface area contributed by atoms with Gasteiger partial charge in [-0.1, -0.05) is 52.9 Å². The molecule has 0 spiro atoms. The van der Waals surface area contributed by atoms with Crippen molar-refractivity contribution in [3.05, 3.63) is 65.8 Å². The van der Waals surface area contributed by atoms with E-state index in [1.807, 2.05) is 18.2 Å². The molecule has 27 heavy (non-hydrogen) atoms. The summed E-state index contributed by atoms with van der Waals surface area (Å²) in [6.07, 6.45) is 9.41. The van der Waals surface area contributed by atoms with Gasteiger partial charge in [0.05, 0.1) is 7.11 Å². The van der Waals surface area contributed by atoms with Crippen LogP contribution >= 0.6 is 15.9 Å². The number of ether oxygens (including phenoxy) is 1. The molecule has 0 aromatic heterocycles. The van der Waals surface area contributed by atoms with E-state index in [0.717, 1.165) is 11.1 Å². The number of fused-ring (bicyclic) bond motifs is 1. The van der Waals surface area contributed by atoms with Gasteiger partial charge in [0.2, 0.25) is 0 Å². The van der Waals surface area contributed by atoms with Gasteiger partial charge in [-0.05, 0) is 48.3 Å². The van der Waals surface area contributed by atoms with Gasteiger partial charge < -0.3 is 9.84 Å². The Labute approximate surface area is 167 Å². The van der Waals surface area contributed by atoms with E-state index in [1.165, 1.54) is 13.2 Å². The second-order valence-corrected chi connectivity index (χ2v) is 8.10. The summed E-state index contributed by atoms with van der Waals surface area (Å²) in [5, 5.41) is 9.75. The highest BCUT2D eigenvalue weighted by atomic mass is 79.9. The molecule has 3 atom stereocenters. The summed E-state index contributed by atoms with van der Waals surface area (Å²) in [6, 6.07) is 5.02. The van der Waals surface area contributed by atoms with Gasteiger partial charge in [0.15, 0.2) is 23.1 Å². The van der Waals surface area contributed by atoms with Crippen LogP contribution in [0.5, 0.6) is 11.5 Å². The average Bonchev–Trinajstić information content (AvgIpc) is 2.66. The highest BCUT2D eigenvalue weighted by Crippen LogP contribution is 2.50. The van der Waals surface area contributed by atoms with Crippen LogP contribution in [0.4, 0.5) is 0 Å². The molecule has 1 N–H and O–H groups in total. The molecule has 0 amide bonds. The number of hydrogen-bond acceptors (Lipinski definition) is 4. The van der Waals surface area contributed by atoms with Crippen molar-refractivity contribution >= 4 is 33.6 Å². The molecule has 3 rings (SSSR count). The number of alkyl halides is 1. The first-order valence-corrected chi connectivity index (χ1v) is 9.45. The standard InChI is InChI=1S/C22H21BrO4/c1-4-15-7-9-17-21(26)13(2)11-20(25)22(17,23)16(15)8-5-14-6-10-18(24)19(12-14)27-3/h4-8,10-12,16-17,24H,1,9H2,2-3H3. The lowest BCUT2D eigenvalue weighted by molar-refractivity contribution is -0.128. The number of allylic oxidation sites excluding steroid dienone is 6. The summed E-state index contributed by atoms with van der Waals surface area (Å²) >= 11 is 3.65. The second-order valence-electron chi connectivity index (χ2n) is 6.79. The minimum absolute atomic E-state index is 0.00413. The number of carbonyl (C=O) groups excluding carboxylic acids is 2. The number of hydrogen-bond donors (Lipinski definition) is 1. The van der Waals surface area contributed by atoms with E-state index in [1.54, 1.807) is 31.2 Å². The number of ketones is 2. The lowest BCUT2D eigenvalue weighted by atomic mass is 9.64. The topological polar surface area (TPSA) is 63.6 Å². The number of rotatable bonds is 4. The van der Waals surface area contributed by atoms with E-state index in [9.17, 15) is 14.7 Å². The van der Waals surface area contributed by atoms with Crippen molar-refractivity contribution in [2.45, 2.75) is 17.7 Å². The maximum Gasteiger partial charge on any atom is 0.174 e. The van der Waals surface area contributed by atoms with Gasteiger partial charge in [0.1, 0.15) is 4.32 Å². The van der Waals surface area contributed by atoms with Gasteiger partial charge in [0.25, 0.3) is 0 Å². The molecule has 140 valence electrons. The highest BCUT2D eigenvalue weighted by Gasteiger charge is 2.55. The zero-order valence-corrected chi connectivity index (χ0v) is 16.8. The molecular weight excluding hydrogens is 408 g/mol. The molecule has 0 fully saturated rings. The number of phenols is 1. The van der Waals surface area contributed by atoms with Crippen LogP contribution in [0.2, 0.25) is 0 Å². The smallest absolute Gasteiger partial charge is 0.174 e. The van der Waals surface area contributed by atoms with Gasteiger partial charge in [0, 0.05) is 11.8 Å². The predicted octanol–water partition coefficient (Wildman–Crippen LogP) is 4.39. The highest BCUT2D eigenvalue weighted by molar-refractivity contribution is 9.10. The molecule has 2 aliphatic carbocycles. The third-order valence-corrected chi connectivity index (χ3v) is 6.70. The minimum atomic E-state index is -1.01. The molecule has 1 aromatic carbocycles. The Kier molecular flexibility index (Phi) is 5.24. The molecule has 0 radical (unpaired) electrons. The molecular formula is C22H21BrO4. The molecule has 5 heteroatoms. The molecule has 3 unspecified atom stereocenters. The first-order chi connectivity index (χ1) is 12.8. The minimum Gasteiger partial charge on any atom is -0.504 e. The quantitative estimate of drug-likeness (QED) is 0.721. The summed E-state index contributed by atoms with van der Waals surface area (Å²) in [6.45, 7) is 5.56. The van der Waals surface area contributed by atoms with E-state index in [0.29, 0.717) is 17.7 Å². The summed E-state index contributed by atoms with van der Waals surface area (Å²) in [4.78, 5) is 25.6. The number of aromatic hydroxyl groups is 1. The normalized spacial score (nSPS) is 27.8. The molecule has 0 aliphatic heterocycles. The Morgan fingerprint density at radius 3 is 2.78 bits per heavy atom. The van der Waals surface area contributed by atoms with Gasteiger partial charge in [-0.25, -0.2) is 0 Å². The van der Waals surface area contributed by atoms with E-state index in [4.69, 9.17) is 4.74 Å². The van der Waals surface area contributed by atoms with Crippen molar-refractivity contribution in [1.82, 2.24) is 0 Å². The first-order valence-electron chi connectivity index (χ1n) is 8.66. The third-order valence-electron chi connectivity index (χ3n) is 5.26. The lowest BCUT2D eigenvalue weighted by Gasteiger charge is -2.44. The summed E-state index contributed by atoms with van der Waals surface area (Å²) in [7, 11) is 1.49. The van der Waals surface area contributed by atoms with Gasteiger partial charge in [-0.3, -0.25) is 9.59 Å². The lowest BCUT2D eigenvalue weighted by Crippen LogP contribution is -2.53. The number of carbonyl (C=O) groups is 2. The molecule has 0 saturated carbocycles. The summed E-state index contributed by atoms with van der Waals surface area (Å²) in [5.74, 6) is -0.457. The van der Waals surface area contributed by atoms with E-state index < -0.39 is 10.2 Å². The molecule has 1 aromatic rings. The number of methoxy groups -OCH3 is 1. The Morgan fingerprint density at radius 1 is 1.37 bits per heavy atom. The SMILES string of the molecule is C=CC1=CCC2C(=O)C(C)=CC(=O)C2(Br)C1C=Cc1ccc(O)c(OC)c1. The number of Topliss-reactive ketones (excluding diaryl/α,β-unsaturated/α-hetero) is 1. The van der Waals surface area contributed by atoms with Crippen LogP contribution in [-0.4, -0.2) is 28.1 Å². The number of benzene rings is 1. The zero-order chi connectivity index (χ0) is 19.8. The Balaban J connectivity index is 2.04. The molecule has 0 heterocycles.